The molecule has 164 valence electrons. The van der Waals surface area contributed by atoms with Crippen LogP contribution >= 0.6 is 0 Å². The lowest BCUT2D eigenvalue weighted by Gasteiger charge is -2.07. The van der Waals surface area contributed by atoms with Crippen LogP contribution in [0.5, 0.6) is 11.5 Å². The predicted octanol–water partition coefficient (Wildman–Crippen LogP) is 3.54. The minimum absolute atomic E-state index is 0.0934. The van der Waals surface area contributed by atoms with Crippen LogP contribution in [-0.4, -0.2) is 35.1 Å². The number of rotatable bonds is 9. The summed E-state index contributed by atoms with van der Waals surface area (Å²) in [5.74, 6) is 1.91. The van der Waals surface area contributed by atoms with Crippen LogP contribution in [0.2, 0.25) is 0 Å². The quantitative estimate of drug-likeness (QED) is 0.545. The average molecular weight is 443 g/mol. The summed E-state index contributed by atoms with van der Waals surface area (Å²) >= 11 is 0. The first kappa shape index (κ1) is 22.6. The Labute approximate surface area is 184 Å². The number of ether oxygens (including phenoxy) is 2. The van der Waals surface area contributed by atoms with Gasteiger partial charge in [-0.15, -0.1) is 0 Å². The number of nitrogens with zero attached hydrogens (tertiary/aromatic N) is 1. The summed E-state index contributed by atoms with van der Waals surface area (Å²) in [6.45, 7) is 4.18. The van der Waals surface area contributed by atoms with Crippen molar-refractivity contribution in [1.82, 2.24) is 10.3 Å². The maximum absolute atomic E-state index is 12.5. The monoisotopic (exact) mass is 442 g/mol. The molecule has 31 heavy (non-hydrogen) atoms. The fourth-order valence-corrected chi connectivity index (χ4v) is 4.03. The highest BCUT2D eigenvalue weighted by atomic mass is 32.2. The Hall–Kier alpha value is -3.13. The van der Waals surface area contributed by atoms with E-state index >= 15 is 0 Å². The third kappa shape index (κ3) is 5.95. The molecule has 8 heteroatoms. The van der Waals surface area contributed by atoms with Crippen molar-refractivity contribution >= 4 is 16.7 Å². The number of carbonyl (C=O) groups is 1. The van der Waals surface area contributed by atoms with Crippen LogP contribution in [0.15, 0.2) is 46.9 Å². The van der Waals surface area contributed by atoms with E-state index in [2.05, 4.69) is 10.3 Å². The zero-order valence-electron chi connectivity index (χ0n) is 18.1. The van der Waals surface area contributed by atoms with Crippen molar-refractivity contribution in [3.05, 3.63) is 65.0 Å². The molecule has 3 rings (SSSR count). The summed E-state index contributed by atoms with van der Waals surface area (Å²) in [5.41, 5.74) is 3.44. The number of carbonyl (C=O) groups excluding carboxylic acids is 1. The van der Waals surface area contributed by atoms with E-state index in [9.17, 15) is 9.00 Å². The smallest absolute Gasteiger partial charge is 0.232 e. The number of amides is 1. The minimum atomic E-state index is -1.41. The van der Waals surface area contributed by atoms with E-state index in [1.165, 1.54) is 0 Å². The molecule has 0 aliphatic heterocycles. The van der Waals surface area contributed by atoms with Crippen molar-refractivity contribution in [2.24, 2.45) is 0 Å². The van der Waals surface area contributed by atoms with Crippen LogP contribution in [0.1, 0.15) is 22.6 Å². The molecule has 0 aliphatic carbocycles. The second-order valence-electron chi connectivity index (χ2n) is 7.08. The molecule has 1 amide bonds. The summed E-state index contributed by atoms with van der Waals surface area (Å²) in [6, 6.07) is 13.2. The molecule has 0 aliphatic rings. The van der Waals surface area contributed by atoms with E-state index in [1.54, 1.807) is 33.3 Å². The van der Waals surface area contributed by atoms with E-state index in [4.69, 9.17) is 13.9 Å². The summed E-state index contributed by atoms with van der Waals surface area (Å²) in [6.07, 6.45) is 0. The number of aromatic nitrogens is 1. The molecule has 1 atom stereocenters. The van der Waals surface area contributed by atoms with Crippen LogP contribution in [0.25, 0.3) is 11.5 Å². The molecule has 2 aromatic carbocycles. The topological polar surface area (TPSA) is 90.7 Å². The summed E-state index contributed by atoms with van der Waals surface area (Å²) in [7, 11) is 1.72. The van der Waals surface area contributed by atoms with Gasteiger partial charge in [0.2, 0.25) is 11.8 Å². The number of hydrogen-bond donors (Lipinski definition) is 1. The lowest BCUT2D eigenvalue weighted by Crippen LogP contribution is -2.28. The van der Waals surface area contributed by atoms with Crippen molar-refractivity contribution in [1.29, 1.82) is 0 Å². The minimum Gasteiger partial charge on any atom is -0.493 e. The van der Waals surface area contributed by atoms with Crippen molar-refractivity contribution in [2.45, 2.75) is 26.1 Å². The molecular formula is C23H26N2O5S. The van der Waals surface area contributed by atoms with Gasteiger partial charge in [0.05, 0.1) is 25.7 Å². The van der Waals surface area contributed by atoms with E-state index < -0.39 is 10.8 Å². The molecule has 7 nitrogen and oxygen atoms in total. The van der Waals surface area contributed by atoms with Gasteiger partial charge < -0.3 is 19.2 Å². The van der Waals surface area contributed by atoms with E-state index in [-0.39, 0.29) is 17.4 Å². The van der Waals surface area contributed by atoms with Crippen LogP contribution in [0, 0.1) is 13.8 Å². The maximum atomic E-state index is 12.5. The third-order valence-electron chi connectivity index (χ3n) is 4.72. The highest BCUT2D eigenvalue weighted by Crippen LogP contribution is 2.32. The number of nitrogens with one attached hydrogen (secondary N) is 1. The summed E-state index contributed by atoms with van der Waals surface area (Å²) in [4.78, 5) is 16.6. The van der Waals surface area contributed by atoms with Crippen LogP contribution in [0.4, 0.5) is 0 Å². The molecule has 0 saturated carbocycles. The van der Waals surface area contributed by atoms with Crippen LogP contribution < -0.4 is 14.8 Å². The number of methoxy groups -OCH3 is 2. The Morgan fingerprint density at radius 2 is 1.77 bits per heavy atom. The highest BCUT2D eigenvalue weighted by molar-refractivity contribution is 7.84. The van der Waals surface area contributed by atoms with E-state index in [1.807, 2.05) is 37.3 Å². The van der Waals surface area contributed by atoms with Gasteiger partial charge in [-0.3, -0.25) is 9.00 Å². The second kappa shape index (κ2) is 10.3. The predicted molar refractivity (Wildman–Crippen MR) is 120 cm³/mol. The molecule has 3 aromatic rings. The molecule has 1 aromatic heterocycles. The first-order chi connectivity index (χ1) is 14.9. The first-order valence-electron chi connectivity index (χ1n) is 9.75. The van der Waals surface area contributed by atoms with Crippen molar-refractivity contribution in [3.63, 3.8) is 0 Å². The average Bonchev–Trinajstić information content (AvgIpc) is 3.12. The Balaban J connectivity index is 1.60. The van der Waals surface area contributed by atoms with Gasteiger partial charge in [-0.2, -0.15) is 0 Å². The molecule has 1 N–H and O–H groups in total. The Morgan fingerprint density at radius 1 is 1.06 bits per heavy atom. The van der Waals surface area contributed by atoms with Gasteiger partial charge in [0.15, 0.2) is 11.5 Å². The lowest BCUT2D eigenvalue weighted by molar-refractivity contribution is -0.118. The molecule has 0 saturated heterocycles. The zero-order valence-corrected chi connectivity index (χ0v) is 18.9. The molecular weight excluding hydrogens is 416 g/mol. The zero-order chi connectivity index (χ0) is 22.4. The number of hydrogen-bond acceptors (Lipinski definition) is 6. The number of benzene rings is 2. The largest absolute Gasteiger partial charge is 0.493 e. The van der Waals surface area contributed by atoms with Gasteiger partial charge >= 0.3 is 0 Å². The molecule has 0 bridgehead atoms. The van der Waals surface area contributed by atoms with Crippen molar-refractivity contribution < 1.29 is 22.9 Å². The third-order valence-corrected chi connectivity index (χ3v) is 5.90. The van der Waals surface area contributed by atoms with Gasteiger partial charge in [0, 0.05) is 22.9 Å². The standard InChI is InChI=1S/C23H26N2O5S/c1-15-5-7-17(8-6-15)12-24-22(26)14-31(27)13-19-16(2)30-23(25-19)18-9-10-20(28-3)21(11-18)29-4/h5-11H,12-14H2,1-4H3,(H,24,26)/t31-/m1/s1. The fourth-order valence-electron chi connectivity index (χ4n) is 2.96. The van der Waals surface area contributed by atoms with E-state index in [0.717, 1.165) is 11.1 Å². The van der Waals surface area contributed by atoms with Gasteiger partial charge in [0.25, 0.3) is 0 Å². The normalized spacial score (nSPS) is 11.7. The van der Waals surface area contributed by atoms with Gasteiger partial charge in [-0.1, -0.05) is 29.8 Å². The molecule has 0 radical (unpaired) electrons. The maximum Gasteiger partial charge on any atom is 0.232 e. The summed E-state index contributed by atoms with van der Waals surface area (Å²) in [5, 5.41) is 2.80. The van der Waals surface area contributed by atoms with Crippen molar-refractivity contribution in [3.8, 4) is 23.0 Å². The molecule has 0 spiro atoms. The lowest BCUT2D eigenvalue weighted by atomic mass is 10.1. The van der Waals surface area contributed by atoms with Gasteiger partial charge in [-0.05, 0) is 37.6 Å². The number of oxazole rings is 1. The first-order valence-corrected chi connectivity index (χ1v) is 11.2. The molecule has 0 fully saturated rings. The van der Waals surface area contributed by atoms with Crippen LogP contribution in [0.3, 0.4) is 0 Å². The Bertz CT molecular complexity index is 1080. The number of aryl methyl sites for hydroxylation is 2. The summed E-state index contributed by atoms with van der Waals surface area (Å²) < 4.78 is 28.8. The Morgan fingerprint density at radius 3 is 2.45 bits per heavy atom. The molecule has 0 unspecified atom stereocenters. The fraction of sp³-hybridized carbons (Fsp3) is 0.304. The molecule has 1 heterocycles. The Kier molecular flexibility index (Phi) is 7.46. The SMILES string of the molecule is COc1ccc(-c2nc(C[S@@](=O)CC(=O)NCc3ccc(C)cc3)c(C)o2)cc1OC. The highest BCUT2D eigenvalue weighted by Gasteiger charge is 2.17. The van der Waals surface area contributed by atoms with Crippen LogP contribution in [-0.2, 0) is 27.9 Å². The second-order valence-corrected chi connectivity index (χ2v) is 8.54. The van der Waals surface area contributed by atoms with Gasteiger partial charge in [0.1, 0.15) is 11.5 Å². The van der Waals surface area contributed by atoms with Crippen molar-refractivity contribution in [2.75, 3.05) is 20.0 Å². The van der Waals surface area contributed by atoms with E-state index in [0.29, 0.717) is 41.0 Å². The van der Waals surface area contributed by atoms with Gasteiger partial charge in [-0.25, -0.2) is 4.98 Å².